The number of hydrogen-bond donors (Lipinski definition) is 2. The topological polar surface area (TPSA) is 127 Å². The van der Waals surface area contributed by atoms with Gasteiger partial charge in [0.25, 0.3) is 0 Å². The standard InChI is InChI=1S/C11H10F3N5O4/c1-4(2)15-7-5(18(20)21)3-6(19(22)23)8-9(7)17-10(16-8)11(12,13)14/h3-4,15H,1-2H3,(H,16,17). The van der Waals surface area contributed by atoms with E-state index in [2.05, 4.69) is 10.3 Å². The zero-order valence-electron chi connectivity index (χ0n) is 11.8. The van der Waals surface area contributed by atoms with E-state index in [-0.39, 0.29) is 11.7 Å². The molecule has 0 aliphatic rings. The van der Waals surface area contributed by atoms with Gasteiger partial charge in [-0.15, -0.1) is 0 Å². The summed E-state index contributed by atoms with van der Waals surface area (Å²) in [6.45, 7) is 3.21. The number of fused-ring (bicyclic) bond motifs is 1. The molecule has 0 fully saturated rings. The van der Waals surface area contributed by atoms with Gasteiger partial charge < -0.3 is 10.3 Å². The number of H-pyrrole nitrogens is 1. The fraction of sp³-hybridized carbons (Fsp3) is 0.364. The van der Waals surface area contributed by atoms with E-state index in [1.807, 2.05) is 4.98 Å². The zero-order chi connectivity index (χ0) is 17.5. The maximum atomic E-state index is 12.8. The Balaban J connectivity index is 2.91. The molecule has 1 heterocycles. The summed E-state index contributed by atoms with van der Waals surface area (Å²) in [4.78, 5) is 25.3. The quantitative estimate of drug-likeness (QED) is 0.653. The molecular formula is C11H10F3N5O4. The molecule has 23 heavy (non-hydrogen) atoms. The lowest BCUT2D eigenvalue weighted by molar-refractivity contribution is -0.392. The number of imidazole rings is 1. The Morgan fingerprint density at radius 1 is 1.22 bits per heavy atom. The van der Waals surface area contributed by atoms with E-state index < -0.39 is 44.3 Å². The van der Waals surface area contributed by atoms with Crippen molar-refractivity contribution in [1.82, 2.24) is 9.97 Å². The van der Waals surface area contributed by atoms with Gasteiger partial charge in [0.1, 0.15) is 16.7 Å². The molecule has 0 bridgehead atoms. The molecule has 0 aliphatic heterocycles. The van der Waals surface area contributed by atoms with Crippen molar-refractivity contribution in [3.8, 4) is 0 Å². The van der Waals surface area contributed by atoms with Crippen molar-refractivity contribution in [2.24, 2.45) is 0 Å². The third kappa shape index (κ3) is 3.00. The lowest BCUT2D eigenvalue weighted by Gasteiger charge is -2.10. The van der Waals surface area contributed by atoms with Crippen molar-refractivity contribution in [3.05, 3.63) is 32.1 Å². The molecule has 12 heteroatoms. The number of benzene rings is 1. The average Bonchev–Trinajstić information content (AvgIpc) is 2.82. The summed E-state index contributed by atoms with van der Waals surface area (Å²) in [6.07, 6.45) is -4.88. The molecule has 0 aliphatic carbocycles. The van der Waals surface area contributed by atoms with Gasteiger partial charge in [-0.2, -0.15) is 13.2 Å². The summed E-state index contributed by atoms with van der Waals surface area (Å²) in [5.41, 5.74) is -2.93. The van der Waals surface area contributed by atoms with Crippen molar-refractivity contribution in [2.45, 2.75) is 26.1 Å². The minimum Gasteiger partial charge on any atom is -0.375 e. The van der Waals surface area contributed by atoms with Gasteiger partial charge in [0.2, 0.25) is 5.82 Å². The second-order valence-electron chi connectivity index (χ2n) is 4.91. The van der Waals surface area contributed by atoms with Crippen LogP contribution in [-0.2, 0) is 6.18 Å². The molecule has 0 saturated heterocycles. The average molecular weight is 333 g/mol. The first kappa shape index (κ1) is 16.5. The molecular weight excluding hydrogens is 323 g/mol. The van der Waals surface area contributed by atoms with Gasteiger partial charge in [0, 0.05) is 6.04 Å². The van der Waals surface area contributed by atoms with E-state index in [4.69, 9.17) is 0 Å². The minimum absolute atomic E-state index is 0.308. The van der Waals surface area contributed by atoms with Crippen LogP contribution < -0.4 is 5.32 Å². The first-order chi connectivity index (χ1) is 10.5. The molecule has 2 rings (SSSR count). The van der Waals surface area contributed by atoms with Gasteiger partial charge in [-0.1, -0.05) is 0 Å². The highest BCUT2D eigenvalue weighted by atomic mass is 19.4. The summed E-state index contributed by atoms with van der Waals surface area (Å²) >= 11 is 0. The van der Waals surface area contributed by atoms with Crippen LogP contribution in [0.5, 0.6) is 0 Å². The molecule has 0 saturated carbocycles. The molecule has 2 aromatic rings. The highest BCUT2D eigenvalue weighted by molar-refractivity contribution is 5.99. The molecule has 0 unspecified atom stereocenters. The third-order valence-electron chi connectivity index (χ3n) is 2.82. The van der Waals surface area contributed by atoms with E-state index in [1.54, 1.807) is 13.8 Å². The largest absolute Gasteiger partial charge is 0.449 e. The van der Waals surface area contributed by atoms with Gasteiger partial charge in [-0.05, 0) is 13.8 Å². The fourth-order valence-electron chi connectivity index (χ4n) is 1.99. The van der Waals surface area contributed by atoms with E-state index >= 15 is 0 Å². The third-order valence-corrected chi connectivity index (χ3v) is 2.82. The van der Waals surface area contributed by atoms with Gasteiger partial charge in [0.05, 0.1) is 15.9 Å². The summed E-state index contributed by atoms with van der Waals surface area (Å²) in [5, 5.41) is 24.7. The molecule has 2 N–H and O–H groups in total. The number of nitro benzene ring substituents is 2. The second-order valence-corrected chi connectivity index (χ2v) is 4.91. The number of nitro groups is 2. The van der Waals surface area contributed by atoms with E-state index in [0.717, 1.165) is 0 Å². The van der Waals surface area contributed by atoms with Gasteiger partial charge in [0.15, 0.2) is 0 Å². The lowest BCUT2D eigenvalue weighted by atomic mass is 10.2. The van der Waals surface area contributed by atoms with Crippen LogP contribution in [0.15, 0.2) is 6.07 Å². The minimum atomic E-state index is -4.88. The van der Waals surface area contributed by atoms with Crippen LogP contribution in [0.25, 0.3) is 11.0 Å². The van der Waals surface area contributed by atoms with Crippen molar-refractivity contribution in [3.63, 3.8) is 0 Å². The molecule has 1 aromatic carbocycles. The predicted molar refractivity (Wildman–Crippen MR) is 73.2 cm³/mol. The van der Waals surface area contributed by atoms with Crippen LogP contribution in [0.4, 0.5) is 30.2 Å². The van der Waals surface area contributed by atoms with Crippen molar-refractivity contribution >= 4 is 28.1 Å². The normalized spacial score (nSPS) is 11.9. The SMILES string of the molecule is CC(C)Nc1c([N+](=O)[O-])cc([N+](=O)[O-])c2[nH]c(C(F)(F)F)nc12. The summed E-state index contributed by atoms with van der Waals surface area (Å²) < 4.78 is 38.4. The predicted octanol–water partition coefficient (Wildman–Crippen LogP) is 3.22. The van der Waals surface area contributed by atoms with Crippen LogP contribution in [-0.4, -0.2) is 25.9 Å². The number of anilines is 1. The number of halogens is 3. The number of aromatic nitrogens is 2. The first-order valence-electron chi connectivity index (χ1n) is 6.21. The number of nitrogens with zero attached hydrogens (tertiary/aromatic N) is 3. The Morgan fingerprint density at radius 2 is 1.78 bits per heavy atom. The van der Waals surface area contributed by atoms with Crippen molar-refractivity contribution < 1.29 is 23.0 Å². The van der Waals surface area contributed by atoms with Gasteiger partial charge >= 0.3 is 17.6 Å². The fourth-order valence-corrected chi connectivity index (χ4v) is 1.99. The van der Waals surface area contributed by atoms with Crippen molar-refractivity contribution in [1.29, 1.82) is 0 Å². The monoisotopic (exact) mass is 333 g/mol. The van der Waals surface area contributed by atoms with Crippen molar-refractivity contribution in [2.75, 3.05) is 5.32 Å². The summed E-state index contributed by atoms with van der Waals surface area (Å²) in [5.74, 6) is -1.47. The smallest absolute Gasteiger partial charge is 0.375 e. The van der Waals surface area contributed by atoms with Crippen LogP contribution in [0.1, 0.15) is 19.7 Å². The number of nitrogens with one attached hydrogen (secondary N) is 2. The zero-order valence-corrected chi connectivity index (χ0v) is 11.8. The second kappa shape index (κ2) is 5.37. The molecule has 1 aromatic heterocycles. The molecule has 0 spiro atoms. The van der Waals surface area contributed by atoms with Crippen LogP contribution in [0.2, 0.25) is 0 Å². The Hall–Kier alpha value is -2.92. The molecule has 0 radical (unpaired) electrons. The molecule has 124 valence electrons. The van der Waals surface area contributed by atoms with Crippen LogP contribution in [0, 0.1) is 20.2 Å². The Bertz CT molecular complexity index is 799. The number of rotatable bonds is 4. The Morgan fingerprint density at radius 3 is 2.22 bits per heavy atom. The first-order valence-corrected chi connectivity index (χ1v) is 6.21. The van der Waals surface area contributed by atoms with Crippen LogP contribution >= 0.6 is 0 Å². The maximum absolute atomic E-state index is 12.8. The number of non-ortho nitro benzene ring substituents is 1. The van der Waals surface area contributed by atoms with Gasteiger partial charge in [-0.25, -0.2) is 4.98 Å². The highest BCUT2D eigenvalue weighted by Gasteiger charge is 2.38. The Kier molecular flexibility index (Phi) is 3.84. The Labute approximate surface area is 125 Å². The number of hydrogen-bond acceptors (Lipinski definition) is 6. The van der Waals surface area contributed by atoms with E-state index in [0.29, 0.717) is 6.07 Å². The summed E-state index contributed by atoms with van der Waals surface area (Å²) in [7, 11) is 0. The van der Waals surface area contributed by atoms with Gasteiger partial charge in [-0.3, -0.25) is 20.2 Å². The molecule has 0 amide bonds. The lowest BCUT2D eigenvalue weighted by Crippen LogP contribution is -2.12. The van der Waals surface area contributed by atoms with E-state index in [9.17, 15) is 33.4 Å². The number of alkyl halides is 3. The molecule has 0 atom stereocenters. The number of aromatic amines is 1. The summed E-state index contributed by atoms with van der Waals surface area (Å²) in [6, 6.07) is 0.232. The highest BCUT2D eigenvalue weighted by Crippen LogP contribution is 2.40. The van der Waals surface area contributed by atoms with E-state index in [1.165, 1.54) is 0 Å². The maximum Gasteiger partial charge on any atom is 0.449 e. The molecule has 9 nitrogen and oxygen atoms in total. The van der Waals surface area contributed by atoms with Crippen LogP contribution in [0.3, 0.4) is 0 Å².